The van der Waals surface area contributed by atoms with Gasteiger partial charge in [0.1, 0.15) is 5.54 Å². The molecule has 0 aliphatic heterocycles. The van der Waals surface area contributed by atoms with E-state index in [1.165, 1.54) is 0 Å². The average molecular weight is 245 g/mol. The van der Waals surface area contributed by atoms with Crippen molar-refractivity contribution < 1.29 is 4.79 Å². The van der Waals surface area contributed by atoms with Crippen LogP contribution in [0, 0.1) is 12.3 Å². The summed E-state index contributed by atoms with van der Waals surface area (Å²) >= 11 is 0. The molecule has 1 saturated carbocycles. The number of terminal acetylenes is 1. The predicted octanol–water partition coefficient (Wildman–Crippen LogP) is 3.00. The lowest BCUT2D eigenvalue weighted by atomic mass is 9.74. The lowest BCUT2D eigenvalue weighted by Gasteiger charge is -2.38. The highest BCUT2D eigenvalue weighted by molar-refractivity contribution is 5.93. The number of hydrogen-bond donors (Lipinski definition) is 1. The SMILES string of the molecule is C#C/C=C(\C=C/C)[C@@]1(NCCC)CCCCC1=O. The van der Waals surface area contributed by atoms with Gasteiger partial charge in [-0.1, -0.05) is 31.4 Å². The Morgan fingerprint density at radius 3 is 2.89 bits per heavy atom. The third-order valence-electron chi connectivity index (χ3n) is 3.44. The van der Waals surface area contributed by atoms with Gasteiger partial charge in [0.25, 0.3) is 0 Å². The molecule has 18 heavy (non-hydrogen) atoms. The molecule has 0 heterocycles. The van der Waals surface area contributed by atoms with E-state index < -0.39 is 5.54 Å². The Kier molecular flexibility index (Phi) is 5.88. The maximum atomic E-state index is 12.4. The van der Waals surface area contributed by atoms with E-state index in [0.717, 1.165) is 37.8 Å². The van der Waals surface area contributed by atoms with Gasteiger partial charge in [-0.2, -0.15) is 0 Å². The molecule has 0 aromatic carbocycles. The molecule has 1 aliphatic rings. The number of nitrogens with one attached hydrogen (secondary N) is 1. The standard InChI is InChI=1S/C16H23NO/c1-4-9-14(10-5-2)16(17-13-6-3)12-8-7-11-15(16)18/h1,5,9-10,17H,6-8,11-13H2,2-3H3/b10-5-,14-9+/t16-/m0/s1. The third-order valence-corrected chi connectivity index (χ3v) is 3.44. The van der Waals surface area contributed by atoms with Crippen molar-refractivity contribution in [2.45, 2.75) is 51.5 Å². The van der Waals surface area contributed by atoms with Crippen LogP contribution in [0.25, 0.3) is 0 Å². The van der Waals surface area contributed by atoms with Gasteiger partial charge in [-0.3, -0.25) is 4.79 Å². The van der Waals surface area contributed by atoms with Crippen LogP contribution in [0.4, 0.5) is 0 Å². The molecule has 2 heteroatoms. The van der Waals surface area contributed by atoms with Crippen LogP contribution >= 0.6 is 0 Å². The summed E-state index contributed by atoms with van der Waals surface area (Å²) in [5.41, 5.74) is 0.387. The molecule has 0 saturated heterocycles. The van der Waals surface area contributed by atoms with Crippen molar-refractivity contribution in [3.8, 4) is 12.3 Å². The van der Waals surface area contributed by atoms with E-state index in [1.54, 1.807) is 6.08 Å². The fraction of sp³-hybridized carbons (Fsp3) is 0.562. The van der Waals surface area contributed by atoms with Crippen LogP contribution in [0.15, 0.2) is 23.8 Å². The second-order valence-corrected chi connectivity index (χ2v) is 4.73. The molecule has 1 aliphatic carbocycles. The minimum absolute atomic E-state index is 0.279. The zero-order chi connectivity index (χ0) is 13.4. The second-order valence-electron chi connectivity index (χ2n) is 4.73. The highest BCUT2D eigenvalue weighted by Gasteiger charge is 2.41. The maximum absolute atomic E-state index is 12.4. The summed E-state index contributed by atoms with van der Waals surface area (Å²) in [6.45, 7) is 4.89. The fourth-order valence-electron chi connectivity index (χ4n) is 2.54. The molecule has 0 unspecified atom stereocenters. The number of allylic oxidation sites excluding steroid dienone is 2. The van der Waals surface area contributed by atoms with Crippen molar-refractivity contribution in [1.82, 2.24) is 5.32 Å². The molecule has 98 valence electrons. The monoisotopic (exact) mass is 245 g/mol. The van der Waals surface area contributed by atoms with Crippen LogP contribution in [-0.4, -0.2) is 17.9 Å². The Balaban J connectivity index is 3.12. The van der Waals surface area contributed by atoms with Gasteiger partial charge in [0.15, 0.2) is 5.78 Å². The molecule has 1 atom stereocenters. The van der Waals surface area contributed by atoms with Crippen molar-refractivity contribution in [2.24, 2.45) is 0 Å². The third kappa shape index (κ3) is 3.11. The molecule has 1 rings (SSSR count). The lowest BCUT2D eigenvalue weighted by molar-refractivity contribution is -0.125. The Labute approximate surface area is 111 Å². The van der Waals surface area contributed by atoms with Crippen molar-refractivity contribution >= 4 is 5.78 Å². The molecular weight excluding hydrogens is 222 g/mol. The normalized spacial score (nSPS) is 25.4. The van der Waals surface area contributed by atoms with Crippen LogP contribution in [-0.2, 0) is 4.79 Å². The van der Waals surface area contributed by atoms with Gasteiger partial charge in [-0.15, -0.1) is 6.42 Å². The summed E-state index contributed by atoms with van der Waals surface area (Å²) in [7, 11) is 0. The van der Waals surface area contributed by atoms with Gasteiger partial charge in [0.05, 0.1) is 0 Å². The van der Waals surface area contributed by atoms with Crippen LogP contribution in [0.1, 0.15) is 46.0 Å². The smallest absolute Gasteiger partial charge is 0.157 e. The summed E-state index contributed by atoms with van der Waals surface area (Å²) in [4.78, 5) is 12.4. The van der Waals surface area contributed by atoms with Crippen molar-refractivity contribution in [3.05, 3.63) is 23.8 Å². The second kappa shape index (κ2) is 7.18. The maximum Gasteiger partial charge on any atom is 0.157 e. The Hall–Kier alpha value is -1.33. The highest BCUT2D eigenvalue weighted by Crippen LogP contribution is 2.32. The summed E-state index contributed by atoms with van der Waals surface area (Å²) in [5, 5.41) is 3.44. The van der Waals surface area contributed by atoms with Crippen molar-refractivity contribution in [3.63, 3.8) is 0 Å². The summed E-state index contributed by atoms with van der Waals surface area (Å²) in [6, 6.07) is 0. The molecular formula is C16H23NO. The van der Waals surface area contributed by atoms with E-state index >= 15 is 0 Å². The number of rotatable bonds is 5. The van der Waals surface area contributed by atoms with E-state index in [9.17, 15) is 4.79 Å². The summed E-state index contributed by atoms with van der Waals surface area (Å²) in [5.74, 6) is 2.85. The van der Waals surface area contributed by atoms with Gasteiger partial charge in [0.2, 0.25) is 0 Å². The van der Waals surface area contributed by atoms with E-state index in [1.807, 2.05) is 19.1 Å². The van der Waals surface area contributed by atoms with Gasteiger partial charge >= 0.3 is 0 Å². The number of carbonyl (C=O) groups is 1. The molecule has 0 amide bonds. The highest BCUT2D eigenvalue weighted by atomic mass is 16.1. The zero-order valence-electron chi connectivity index (χ0n) is 11.5. The fourth-order valence-corrected chi connectivity index (χ4v) is 2.54. The zero-order valence-corrected chi connectivity index (χ0v) is 11.5. The first-order chi connectivity index (χ1) is 8.71. The van der Waals surface area contributed by atoms with E-state index in [-0.39, 0.29) is 5.78 Å². The Morgan fingerprint density at radius 2 is 2.33 bits per heavy atom. The molecule has 0 aromatic heterocycles. The van der Waals surface area contributed by atoms with Crippen LogP contribution in [0.3, 0.4) is 0 Å². The van der Waals surface area contributed by atoms with Crippen LogP contribution < -0.4 is 5.32 Å². The van der Waals surface area contributed by atoms with Gasteiger partial charge < -0.3 is 5.32 Å². The predicted molar refractivity (Wildman–Crippen MR) is 76.2 cm³/mol. The number of carbonyl (C=O) groups excluding carboxylic acids is 1. The first-order valence-corrected chi connectivity index (χ1v) is 6.79. The van der Waals surface area contributed by atoms with Gasteiger partial charge in [0, 0.05) is 6.42 Å². The summed E-state index contributed by atoms with van der Waals surface area (Å²) in [6.07, 6.45) is 15.6. The minimum Gasteiger partial charge on any atom is -0.301 e. The Bertz CT molecular complexity index is 386. The number of hydrogen-bond acceptors (Lipinski definition) is 2. The van der Waals surface area contributed by atoms with E-state index in [0.29, 0.717) is 6.42 Å². The average Bonchev–Trinajstić information content (AvgIpc) is 2.38. The summed E-state index contributed by atoms with van der Waals surface area (Å²) < 4.78 is 0. The first-order valence-electron chi connectivity index (χ1n) is 6.79. The molecule has 1 N–H and O–H groups in total. The van der Waals surface area contributed by atoms with Crippen molar-refractivity contribution in [2.75, 3.05) is 6.54 Å². The molecule has 0 spiro atoms. The number of ketones is 1. The van der Waals surface area contributed by atoms with E-state index in [2.05, 4.69) is 18.2 Å². The van der Waals surface area contributed by atoms with Gasteiger partial charge in [-0.25, -0.2) is 0 Å². The largest absolute Gasteiger partial charge is 0.301 e. The van der Waals surface area contributed by atoms with Crippen molar-refractivity contribution in [1.29, 1.82) is 0 Å². The van der Waals surface area contributed by atoms with Crippen LogP contribution in [0.5, 0.6) is 0 Å². The quantitative estimate of drug-likeness (QED) is 0.596. The Morgan fingerprint density at radius 1 is 1.56 bits per heavy atom. The molecule has 0 radical (unpaired) electrons. The molecule has 1 fully saturated rings. The topological polar surface area (TPSA) is 29.1 Å². The lowest BCUT2D eigenvalue weighted by Crippen LogP contribution is -2.55. The van der Waals surface area contributed by atoms with Crippen LogP contribution in [0.2, 0.25) is 0 Å². The molecule has 0 bridgehead atoms. The molecule has 0 aromatic rings. The first kappa shape index (κ1) is 14.7. The number of Topliss-reactive ketones (excluding diaryl/α,β-unsaturated/α-hetero) is 1. The minimum atomic E-state index is -0.548. The van der Waals surface area contributed by atoms with Gasteiger partial charge in [-0.05, 0) is 44.4 Å². The molecule has 2 nitrogen and oxygen atoms in total. The van der Waals surface area contributed by atoms with E-state index in [4.69, 9.17) is 6.42 Å².